The van der Waals surface area contributed by atoms with Crippen molar-refractivity contribution in [1.29, 1.82) is 0 Å². The Kier molecular flexibility index (Phi) is 3.03. The van der Waals surface area contributed by atoms with Crippen LogP contribution in [0.15, 0.2) is 24.4 Å². The van der Waals surface area contributed by atoms with Crippen molar-refractivity contribution in [2.45, 2.75) is 19.4 Å². The molecule has 0 fully saturated rings. The predicted molar refractivity (Wildman–Crippen MR) is 63.2 cm³/mol. The first-order valence-corrected chi connectivity index (χ1v) is 5.38. The molecule has 1 aromatic heterocycles. The van der Waals surface area contributed by atoms with E-state index in [2.05, 4.69) is 10.3 Å². The smallest absolute Gasteiger partial charge is 0.304 e. The van der Waals surface area contributed by atoms with Crippen LogP contribution in [-0.2, 0) is 5.60 Å². The third kappa shape index (κ3) is 2.58. The van der Waals surface area contributed by atoms with Gasteiger partial charge in [0.25, 0.3) is 0 Å². The molecule has 0 aliphatic heterocycles. The van der Waals surface area contributed by atoms with E-state index in [4.69, 9.17) is 0 Å². The van der Waals surface area contributed by atoms with Gasteiger partial charge in [0.15, 0.2) is 0 Å². The van der Waals surface area contributed by atoms with Crippen LogP contribution < -0.4 is 0 Å². The summed E-state index contributed by atoms with van der Waals surface area (Å²) in [6.07, 6.45) is 1.43. The summed E-state index contributed by atoms with van der Waals surface area (Å²) >= 11 is 0. The minimum absolute atomic E-state index is 0.283. The fourth-order valence-electron chi connectivity index (χ4n) is 1.46. The van der Waals surface area contributed by atoms with Crippen LogP contribution in [0.25, 0.3) is 5.69 Å². The van der Waals surface area contributed by atoms with Crippen LogP contribution >= 0.6 is 0 Å². The summed E-state index contributed by atoms with van der Waals surface area (Å²) in [5.74, 6) is -0.956. The first kappa shape index (κ1) is 13.1. The Morgan fingerprint density at radius 1 is 1.47 bits per heavy atom. The Labute approximate surface area is 107 Å². The van der Waals surface area contributed by atoms with Crippen molar-refractivity contribution < 1.29 is 14.4 Å². The summed E-state index contributed by atoms with van der Waals surface area (Å²) in [5, 5.41) is 27.7. The van der Waals surface area contributed by atoms with Crippen molar-refractivity contribution in [3.8, 4) is 5.69 Å². The molecule has 100 valence electrons. The van der Waals surface area contributed by atoms with Crippen LogP contribution in [0.1, 0.15) is 19.5 Å². The lowest BCUT2D eigenvalue weighted by molar-refractivity contribution is -0.387. The normalized spacial score (nSPS) is 11.6. The van der Waals surface area contributed by atoms with Gasteiger partial charge in [-0.05, 0) is 19.9 Å². The molecular formula is C11H11FN4O3. The summed E-state index contributed by atoms with van der Waals surface area (Å²) < 4.78 is 14.7. The molecule has 2 rings (SSSR count). The average Bonchev–Trinajstić information content (AvgIpc) is 2.76. The highest BCUT2D eigenvalue weighted by molar-refractivity contribution is 5.41. The maximum atomic E-state index is 13.5. The zero-order valence-electron chi connectivity index (χ0n) is 10.2. The molecule has 0 spiro atoms. The number of hydrogen-bond acceptors (Lipinski definition) is 5. The average molecular weight is 266 g/mol. The molecular weight excluding hydrogens is 255 g/mol. The Bertz CT molecular complexity index is 633. The van der Waals surface area contributed by atoms with E-state index in [0.29, 0.717) is 5.69 Å². The number of nitrogens with zero attached hydrogens (tertiary/aromatic N) is 4. The largest absolute Gasteiger partial charge is 0.384 e. The summed E-state index contributed by atoms with van der Waals surface area (Å²) in [6, 6.07) is 3.39. The Balaban J connectivity index is 2.40. The number of nitro benzene ring substituents is 1. The van der Waals surface area contributed by atoms with Crippen molar-refractivity contribution in [1.82, 2.24) is 15.0 Å². The fraction of sp³-hybridized carbons (Fsp3) is 0.273. The minimum atomic E-state index is -1.17. The van der Waals surface area contributed by atoms with E-state index in [1.54, 1.807) is 0 Å². The summed E-state index contributed by atoms with van der Waals surface area (Å²) in [6.45, 7) is 3.08. The predicted octanol–water partition coefficient (Wildman–Crippen LogP) is 1.54. The van der Waals surface area contributed by atoms with Crippen molar-refractivity contribution in [3.63, 3.8) is 0 Å². The van der Waals surface area contributed by atoms with Crippen LogP contribution in [0.5, 0.6) is 0 Å². The van der Waals surface area contributed by atoms with Gasteiger partial charge in [0.1, 0.15) is 11.3 Å². The molecule has 0 saturated carbocycles. The number of rotatable bonds is 3. The number of aromatic nitrogens is 3. The van der Waals surface area contributed by atoms with E-state index in [9.17, 15) is 19.6 Å². The SMILES string of the molecule is CC(C)(O)c1cn(-c2ccc([N+](=O)[O-])c(F)c2)nn1. The Hall–Kier alpha value is -2.35. The van der Waals surface area contributed by atoms with Crippen LogP contribution in [0.4, 0.5) is 10.1 Å². The zero-order valence-corrected chi connectivity index (χ0v) is 10.2. The zero-order chi connectivity index (χ0) is 14.2. The third-order valence-corrected chi connectivity index (χ3v) is 2.51. The second-order valence-electron chi connectivity index (χ2n) is 4.50. The Morgan fingerprint density at radius 2 is 2.16 bits per heavy atom. The monoisotopic (exact) mass is 266 g/mol. The maximum absolute atomic E-state index is 13.5. The van der Waals surface area contributed by atoms with Crippen LogP contribution in [0.2, 0.25) is 0 Å². The fourth-order valence-corrected chi connectivity index (χ4v) is 1.46. The molecule has 1 N–H and O–H groups in total. The van der Waals surface area contributed by atoms with E-state index < -0.39 is 22.0 Å². The standard InChI is InChI=1S/C11H11FN4O3/c1-11(2,17)10-6-15(14-13-10)7-3-4-9(16(18)19)8(12)5-7/h3-6,17H,1-2H3. The van der Waals surface area contributed by atoms with Gasteiger partial charge in [-0.1, -0.05) is 5.21 Å². The summed E-state index contributed by atoms with van der Waals surface area (Å²) in [7, 11) is 0. The number of nitro groups is 1. The first-order chi connectivity index (χ1) is 8.79. The molecule has 0 unspecified atom stereocenters. The second-order valence-corrected chi connectivity index (χ2v) is 4.50. The van der Waals surface area contributed by atoms with Crippen LogP contribution in [-0.4, -0.2) is 25.0 Å². The number of aliphatic hydroxyl groups is 1. The molecule has 0 aliphatic rings. The van der Waals surface area contributed by atoms with Crippen LogP contribution in [0, 0.1) is 15.9 Å². The lowest BCUT2D eigenvalue weighted by Gasteiger charge is -2.11. The molecule has 2 aromatic rings. The van der Waals surface area contributed by atoms with Gasteiger partial charge in [0.2, 0.25) is 5.82 Å². The highest BCUT2D eigenvalue weighted by Crippen LogP contribution is 2.21. The Morgan fingerprint density at radius 3 is 2.63 bits per heavy atom. The molecule has 19 heavy (non-hydrogen) atoms. The summed E-state index contributed by atoms with van der Waals surface area (Å²) in [4.78, 5) is 9.70. The third-order valence-electron chi connectivity index (χ3n) is 2.51. The van der Waals surface area contributed by atoms with Gasteiger partial charge in [-0.2, -0.15) is 4.39 Å². The van der Waals surface area contributed by atoms with Gasteiger partial charge >= 0.3 is 5.69 Å². The van der Waals surface area contributed by atoms with Crippen LogP contribution in [0.3, 0.4) is 0 Å². The topological polar surface area (TPSA) is 94.1 Å². The molecule has 0 saturated heterocycles. The highest BCUT2D eigenvalue weighted by atomic mass is 19.1. The highest BCUT2D eigenvalue weighted by Gasteiger charge is 2.21. The van der Waals surface area contributed by atoms with Gasteiger partial charge in [0, 0.05) is 12.1 Å². The van der Waals surface area contributed by atoms with E-state index in [1.807, 2.05) is 0 Å². The second kappa shape index (κ2) is 4.39. The molecule has 1 heterocycles. The number of hydrogen-bond donors (Lipinski definition) is 1. The van der Waals surface area contributed by atoms with Gasteiger partial charge < -0.3 is 5.11 Å². The van der Waals surface area contributed by atoms with Gasteiger partial charge in [-0.3, -0.25) is 10.1 Å². The molecule has 1 aromatic carbocycles. The van der Waals surface area contributed by atoms with Gasteiger partial charge in [-0.25, -0.2) is 4.68 Å². The van der Waals surface area contributed by atoms with E-state index >= 15 is 0 Å². The molecule has 0 bridgehead atoms. The van der Waals surface area contributed by atoms with Crippen molar-refractivity contribution in [2.75, 3.05) is 0 Å². The molecule has 0 radical (unpaired) electrons. The number of halogens is 1. The lowest BCUT2D eigenvalue weighted by atomic mass is 10.1. The van der Waals surface area contributed by atoms with E-state index in [-0.39, 0.29) is 5.69 Å². The quantitative estimate of drug-likeness (QED) is 0.671. The molecule has 8 heteroatoms. The molecule has 0 atom stereocenters. The molecule has 0 amide bonds. The van der Waals surface area contributed by atoms with Gasteiger partial charge in [-0.15, -0.1) is 5.10 Å². The van der Waals surface area contributed by atoms with Crippen molar-refractivity contribution in [2.24, 2.45) is 0 Å². The van der Waals surface area contributed by atoms with Crippen molar-refractivity contribution >= 4 is 5.69 Å². The number of benzene rings is 1. The maximum Gasteiger partial charge on any atom is 0.304 e. The van der Waals surface area contributed by atoms with Crippen molar-refractivity contribution in [3.05, 3.63) is 46.0 Å². The van der Waals surface area contributed by atoms with Gasteiger partial charge in [0.05, 0.1) is 16.8 Å². The van der Waals surface area contributed by atoms with E-state index in [0.717, 1.165) is 12.1 Å². The first-order valence-electron chi connectivity index (χ1n) is 5.38. The summed E-state index contributed by atoms with van der Waals surface area (Å²) in [5.41, 5.74) is -1.18. The molecule has 7 nitrogen and oxygen atoms in total. The lowest BCUT2D eigenvalue weighted by Crippen LogP contribution is -2.15. The molecule has 0 aliphatic carbocycles. The van der Waals surface area contributed by atoms with E-state index in [1.165, 1.54) is 30.8 Å². The minimum Gasteiger partial charge on any atom is -0.384 e.